The van der Waals surface area contributed by atoms with E-state index < -0.39 is 30.0 Å². The standard InChI is InChI=1S/C23H30BClN2O4/c1-21(2,3)29-20(28)27-14-16(24-30-22(4,5)23(6,7)31-24)12-15-10-11-26-19-13-17(25)8-9-18(15)19/h8-13H,14H2,1-7H3,(H,27,28). The maximum atomic E-state index is 12.3. The highest BCUT2D eigenvalue weighted by Gasteiger charge is 2.52. The number of alkyl carbamates (subject to hydrolysis) is 1. The number of nitrogens with one attached hydrogen (secondary N) is 1. The number of nitrogens with zero attached hydrogens (tertiary/aromatic N) is 1. The number of pyridine rings is 1. The van der Waals surface area contributed by atoms with Gasteiger partial charge in [-0.2, -0.15) is 0 Å². The minimum atomic E-state index is -0.615. The van der Waals surface area contributed by atoms with Crippen LogP contribution in [0.15, 0.2) is 35.9 Å². The lowest BCUT2D eigenvalue weighted by Gasteiger charge is -2.32. The molecule has 0 spiro atoms. The molecule has 1 aromatic heterocycles. The number of carbonyl (C=O) groups is 1. The molecule has 1 aliphatic rings. The van der Waals surface area contributed by atoms with Crippen LogP contribution in [0.2, 0.25) is 5.02 Å². The summed E-state index contributed by atoms with van der Waals surface area (Å²) in [4.78, 5) is 16.7. The summed E-state index contributed by atoms with van der Waals surface area (Å²) in [5.41, 5.74) is 0.894. The highest BCUT2D eigenvalue weighted by molar-refractivity contribution is 6.56. The van der Waals surface area contributed by atoms with E-state index in [0.29, 0.717) is 5.02 Å². The van der Waals surface area contributed by atoms with Gasteiger partial charge in [-0.25, -0.2) is 4.79 Å². The normalized spacial score (nSPS) is 18.3. The molecule has 1 amide bonds. The van der Waals surface area contributed by atoms with Gasteiger partial charge in [0, 0.05) is 23.2 Å². The summed E-state index contributed by atoms with van der Waals surface area (Å²) in [5.74, 6) is 0. The Hall–Kier alpha value is -2.09. The maximum Gasteiger partial charge on any atom is 0.492 e. The van der Waals surface area contributed by atoms with Gasteiger partial charge in [-0.05, 0) is 77.7 Å². The molecule has 0 bridgehead atoms. The van der Waals surface area contributed by atoms with E-state index in [1.807, 2.05) is 78.8 Å². The van der Waals surface area contributed by atoms with Crippen LogP contribution in [0.1, 0.15) is 54.0 Å². The number of halogens is 1. The number of fused-ring (bicyclic) bond motifs is 1. The molecule has 2 aromatic rings. The summed E-state index contributed by atoms with van der Waals surface area (Å²) >= 11 is 6.12. The third-order valence-electron chi connectivity index (χ3n) is 5.47. The van der Waals surface area contributed by atoms with Crippen LogP contribution in [0.5, 0.6) is 0 Å². The summed E-state index contributed by atoms with van der Waals surface area (Å²) < 4.78 is 17.9. The van der Waals surface area contributed by atoms with Gasteiger partial charge in [0.15, 0.2) is 0 Å². The predicted octanol–water partition coefficient (Wildman–Crippen LogP) is 5.43. The molecule has 31 heavy (non-hydrogen) atoms. The van der Waals surface area contributed by atoms with Crippen LogP contribution in [0, 0.1) is 0 Å². The molecule has 0 radical (unpaired) electrons. The Bertz CT molecular complexity index is 998. The smallest absolute Gasteiger partial charge is 0.444 e. The van der Waals surface area contributed by atoms with Gasteiger partial charge in [-0.15, -0.1) is 0 Å². The Labute approximate surface area is 189 Å². The topological polar surface area (TPSA) is 69.7 Å². The van der Waals surface area contributed by atoms with E-state index in [1.165, 1.54) is 0 Å². The van der Waals surface area contributed by atoms with Gasteiger partial charge in [0.2, 0.25) is 0 Å². The molecule has 8 heteroatoms. The lowest BCUT2D eigenvalue weighted by molar-refractivity contribution is 0.00578. The number of amides is 1. The first-order valence-electron chi connectivity index (χ1n) is 10.3. The van der Waals surface area contributed by atoms with E-state index in [2.05, 4.69) is 10.3 Å². The van der Waals surface area contributed by atoms with Crippen molar-refractivity contribution in [3.63, 3.8) is 0 Å². The quantitative estimate of drug-likeness (QED) is 0.637. The highest BCUT2D eigenvalue weighted by atomic mass is 35.5. The SMILES string of the molecule is CC(C)(C)OC(=O)NCC(=Cc1ccnc2cc(Cl)ccc12)B1OC(C)(C)C(C)(C)O1. The van der Waals surface area contributed by atoms with Gasteiger partial charge >= 0.3 is 13.2 Å². The minimum Gasteiger partial charge on any atom is -0.444 e. The Balaban J connectivity index is 1.96. The van der Waals surface area contributed by atoms with Crippen molar-refractivity contribution >= 4 is 41.8 Å². The van der Waals surface area contributed by atoms with Crippen molar-refractivity contribution in [2.45, 2.75) is 65.3 Å². The van der Waals surface area contributed by atoms with Crippen LogP contribution < -0.4 is 5.32 Å². The van der Waals surface area contributed by atoms with Crippen LogP contribution in [0.25, 0.3) is 17.0 Å². The zero-order valence-electron chi connectivity index (χ0n) is 19.2. The first-order chi connectivity index (χ1) is 14.3. The third kappa shape index (κ3) is 5.59. The zero-order valence-corrected chi connectivity index (χ0v) is 20.0. The Kier molecular flexibility index (Phi) is 6.43. The first kappa shape index (κ1) is 23.6. The van der Waals surface area contributed by atoms with Crippen LogP contribution in [0.3, 0.4) is 0 Å². The molecule has 166 valence electrons. The van der Waals surface area contributed by atoms with Gasteiger partial charge in [-0.1, -0.05) is 23.7 Å². The molecule has 0 atom stereocenters. The average Bonchev–Trinajstić information content (AvgIpc) is 2.84. The van der Waals surface area contributed by atoms with Crippen molar-refractivity contribution in [1.29, 1.82) is 0 Å². The number of aromatic nitrogens is 1. The van der Waals surface area contributed by atoms with Crippen LogP contribution >= 0.6 is 11.6 Å². The molecule has 2 heterocycles. The summed E-state index contributed by atoms with van der Waals surface area (Å²) in [7, 11) is -0.615. The second kappa shape index (κ2) is 8.45. The fourth-order valence-corrected chi connectivity index (χ4v) is 3.32. The van der Waals surface area contributed by atoms with E-state index in [-0.39, 0.29) is 6.54 Å². The van der Waals surface area contributed by atoms with Crippen LogP contribution in [-0.4, -0.2) is 41.5 Å². The Morgan fingerprint density at radius 2 is 1.84 bits per heavy atom. The summed E-state index contributed by atoms with van der Waals surface area (Å²) in [6, 6.07) is 7.49. The van der Waals surface area contributed by atoms with Crippen LogP contribution in [0.4, 0.5) is 4.79 Å². The molecule has 1 saturated heterocycles. The molecule has 3 rings (SSSR count). The number of rotatable bonds is 4. The van der Waals surface area contributed by atoms with Gasteiger partial charge in [0.05, 0.1) is 16.7 Å². The molecule has 1 aromatic carbocycles. The number of hydrogen-bond acceptors (Lipinski definition) is 5. The monoisotopic (exact) mass is 444 g/mol. The highest BCUT2D eigenvalue weighted by Crippen LogP contribution is 2.39. The Morgan fingerprint density at radius 1 is 1.19 bits per heavy atom. The van der Waals surface area contributed by atoms with E-state index in [1.54, 1.807) is 6.20 Å². The zero-order chi connectivity index (χ0) is 23.0. The van der Waals surface area contributed by atoms with Gasteiger partial charge in [0.25, 0.3) is 0 Å². The molecule has 1 aliphatic heterocycles. The average molecular weight is 445 g/mol. The lowest BCUT2D eigenvalue weighted by Crippen LogP contribution is -2.41. The fourth-order valence-electron chi connectivity index (χ4n) is 3.15. The van der Waals surface area contributed by atoms with Crippen molar-refractivity contribution in [1.82, 2.24) is 10.3 Å². The number of hydrogen-bond donors (Lipinski definition) is 1. The van der Waals surface area contributed by atoms with E-state index in [9.17, 15) is 4.79 Å². The molecule has 0 aliphatic carbocycles. The summed E-state index contributed by atoms with van der Waals surface area (Å²) in [6.45, 7) is 13.7. The van der Waals surface area contributed by atoms with Crippen molar-refractivity contribution < 1.29 is 18.8 Å². The molecule has 0 unspecified atom stereocenters. The lowest BCUT2D eigenvalue weighted by atomic mass is 9.76. The predicted molar refractivity (Wildman–Crippen MR) is 125 cm³/mol. The number of carbonyl (C=O) groups excluding carboxylic acids is 1. The van der Waals surface area contributed by atoms with Crippen molar-refractivity contribution in [2.75, 3.05) is 6.54 Å². The van der Waals surface area contributed by atoms with Crippen molar-refractivity contribution in [3.8, 4) is 0 Å². The molecular formula is C23H30BClN2O4. The second-order valence-corrected chi connectivity index (χ2v) is 10.2. The van der Waals surface area contributed by atoms with E-state index in [4.69, 9.17) is 25.6 Å². The van der Waals surface area contributed by atoms with E-state index in [0.717, 1.165) is 21.9 Å². The largest absolute Gasteiger partial charge is 0.492 e. The third-order valence-corrected chi connectivity index (χ3v) is 5.71. The minimum absolute atomic E-state index is 0.211. The summed E-state index contributed by atoms with van der Waals surface area (Å²) in [6.07, 6.45) is 3.20. The second-order valence-electron chi connectivity index (χ2n) is 9.72. The van der Waals surface area contributed by atoms with Gasteiger partial charge < -0.3 is 19.4 Å². The van der Waals surface area contributed by atoms with E-state index >= 15 is 0 Å². The molecule has 1 N–H and O–H groups in total. The number of benzene rings is 1. The number of ether oxygens (including phenoxy) is 1. The van der Waals surface area contributed by atoms with Crippen molar-refractivity contribution in [2.24, 2.45) is 0 Å². The van der Waals surface area contributed by atoms with Gasteiger partial charge in [0.1, 0.15) is 5.60 Å². The molecule has 1 fully saturated rings. The molecule has 0 saturated carbocycles. The maximum absolute atomic E-state index is 12.3. The first-order valence-corrected chi connectivity index (χ1v) is 10.7. The van der Waals surface area contributed by atoms with Gasteiger partial charge in [-0.3, -0.25) is 4.98 Å². The van der Waals surface area contributed by atoms with Crippen LogP contribution in [-0.2, 0) is 14.0 Å². The summed E-state index contributed by atoms with van der Waals surface area (Å²) in [5, 5.41) is 4.39. The molecule has 6 nitrogen and oxygen atoms in total. The molecular weight excluding hydrogens is 415 g/mol. The van der Waals surface area contributed by atoms with Crippen molar-refractivity contribution in [3.05, 3.63) is 46.5 Å². The Morgan fingerprint density at radius 3 is 2.45 bits per heavy atom. The fraction of sp³-hybridized carbons (Fsp3) is 0.478.